The van der Waals surface area contributed by atoms with Gasteiger partial charge >= 0.3 is 0 Å². The fourth-order valence-corrected chi connectivity index (χ4v) is 9.25. The van der Waals surface area contributed by atoms with Gasteiger partial charge in [-0.1, -0.05) is 158 Å². The van der Waals surface area contributed by atoms with Gasteiger partial charge in [0, 0.05) is 38.7 Å². The Morgan fingerprint density at radius 3 is 1.69 bits per heavy atom. The molecule has 0 bridgehead atoms. The lowest BCUT2D eigenvalue weighted by atomic mass is 9.99. The molecule has 0 aliphatic heterocycles. The number of fused-ring (bicyclic) bond motifs is 6. The van der Waals surface area contributed by atoms with Gasteiger partial charge in [0.1, 0.15) is 11.7 Å². The van der Waals surface area contributed by atoms with Crippen LogP contribution < -0.4 is 4.90 Å². The molecule has 0 unspecified atom stereocenters. The fourth-order valence-electron chi connectivity index (χ4n) is 9.25. The topological polar surface area (TPSA) is 70.9 Å². The Kier molecular flexibility index (Phi) is 9.10. The van der Waals surface area contributed by atoms with E-state index in [9.17, 15) is 5.26 Å². The monoisotopic (exact) mass is 831 g/mol. The minimum absolute atomic E-state index is 0.495. The number of furan rings is 1. The average molecular weight is 832 g/mol. The Balaban J connectivity index is 1.17. The zero-order chi connectivity index (χ0) is 43.3. The molecular formula is C59H37N5O. The highest BCUT2D eigenvalue weighted by Crippen LogP contribution is 2.47. The van der Waals surface area contributed by atoms with Crippen LogP contribution in [0.2, 0.25) is 0 Å². The van der Waals surface area contributed by atoms with Gasteiger partial charge in [0.2, 0.25) is 5.71 Å². The van der Waals surface area contributed by atoms with Gasteiger partial charge in [-0.05, 0) is 89.0 Å². The standard InChI is InChI=1S/C59H37N5O/c60-38-45-34-43(56-55-48-28-16-17-29-54(48)65-59(55)62-58(61-56)41-22-10-3-11-23-41)31-32-51(45)64-52-33-30-42(39-18-6-1-7-19-39)35-49(52)50-36-44(40-20-8-2-9-21-40)37-53(57(50)64)63(46-24-12-4-13-25-46)47-26-14-5-15-27-47/h1-37H. The molecule has 304 valence electrons. The second kappa shape index (κ2) is 15.7. The van der Waals surface area contributed by atoms with Crippen molar-refractivity contribution in [1.29, 1.82) is 5.26 Å². The Labute approximate surface area is 375 Å². The summed E-state index contributed by atoms with van der Waals surface area (Å²) in [5, 5.41) is 15.2. The maximum atomic E-state index is 11.3. The van der Waals surface area contributed by atoms with Crippen LogP contribution in [-0.4, -0.2) is 14.5 Å². The highest BCUT2D eigenvalue weighted by Gasteiger charge is 2.26. The third-order valence-electron chi connectivity index (χ3n) is 12.2. The molecule has 9 aromatic carbocycles. The number of hydrogen-bond acceptors (Lipinski definition) is 5. The number of anilines is 3. The Morgan fingerprint density at radius 2 is 1.03 bits per heavy atom. The molecule has 3 aromatic heterocycles. The summed E-state index contributed by atoms with van der Waals surface area (Å²) in [7, 11) is 0. The lowest BCUT2D eigenvalue weighted by molar-refractivity contribution is 0.653. The van der Waals surface area contributed by atoms with E-state index in [-0.39, 0.29) is 0 Å². The first-order chi connectivity index (χ1) is 32.2. The van der Waals surface area contributed by atoms with Gasteiger partial charge < -0.3 is 13.9 Å². The Hall–Kier alpha value is -9.05. The molecule has 12 aromatic rings. The normalized spacial score (nSPS) is 11.4. The third-order valence-corrected chi connectivity index (χ3v) is 12.2. The second-order valence-electron chi connectivity index (χ2n) is 16.1. The van der Waals surface area contributed by atoms with Gasteiger partial charge in [-0.3, -0.25) is 0 Å². The molecule has 65 heavy (non-hydrogen) atoms. The average Bonchev–Trinajstić information content (AvgIpc) is 3.93. The molecule has 6 nitrogen and oxygen atoms in total. The number of aromatic nitrogens is 3. The molecule has 0 saturated heterocycles. The highest BCUT2D eigenvalue weighted by atomic mass is 16.3. The maximum absolute atomic E-state index is 11.3. The SMILES string of the molecule is N#Cc1cc(-c2nc(-c3ccccc3)nc3oc4ccccc4c23)ccc1-n1c2ccc(-c3ccccc3)cc2c2cc(-c3ccccc3)cc(N(c3ccccc3)c3ccccc3)c21. The van der Waals surface area contributed by atoms with E-state index >= 15 is 0 Å². The van der Waals surface area contributed by atoms with Crippen LogP contribution in [0.15, 0.2) is 229 Å². The maximum Gasteiger partial charge on any atom is 0.231 e. The predicted molar refractivity (Wildman–Crippen MR) is 265 cm³/mol. The minimum atomic E-state index is 0.495. The molecule has 0 aliphatic rings. The first-order valence-corrected chi connectivity index (χ1v) is 21.6. The number of hydrogen-bond donors (Lipinski definition) is 0. The van der Waals surface area contributed by atoms with Gasteiger partial charge in [0.15, 0.2) is 5.82 Å². The van der Waals surface area contributed by atoms with E-state index in [4.69, 9.17) is 14.4 Å². The van der Waals surface area contributed by atoms with Crippen molar-refractivity contribution in [2.24, 2.45) is 0 Å². The van der Waals surface area contributed by atoms with Crippen LogP contribution in [-0.2, 0) is 0 Å². The molecule has 0 N–H and O–H groups in total. The zero-order valence-corrected chi connectivity index (χ0v) is 35.0. The molecule has 0 atom stereocenters. The number of benzene rings is 9. The van der Waals surface area contributed by atoms with Crippen molar-refractivity contribution in [3.05, 3.63) is 230 Å². The van der Waals surface area contributed by atoms with Gasteiger partial charge in [0.25, 0.3) is 0 Å². The smallest absolute Gasteiger partial charge is 0.231 e. The number of rotatable bonds is 8. The summed E-state index contributed by atoms with van der Waals surface area (Å²) >= 11 is 0. The van der Waals surface area contributed by atoms with Crippen molar-refractivity contribution in [3.63, 3.8) is 0 Å². The van der Waals surface area contributed by atoms with E-state index in [0.29, 0.717) is 22.8 Å². The van der Waals surface area contributed by atoms with E-state index in [1.54, 1.807) is 0 Å². The number of nitrogens with zero attached hydrogens (tertiary/aromatic N) is 5. The fraction of sp³-hybridized carbons (Fsp3) is 0. The quantitative estimate of drug-likeness (QED) is 0.153. The summed E-state index contributed by atoms with van der Waals surface area (Å²) in [6.07, 6.45) is 0. The summed E-state index contributed by atoms with van der Waals surface area (Å²) in [4.78, 5) is 12.5. The van der Waals surface area contributed by atoms with Gasteiger partial charge in [-0.25, -0.2) is 4.98 Å². The van der Waals surface area contributed by atoms with E-state index in [0.717, 1.165) is 94.3 Å². The van der Waals surface area contributed by atoms with Crippen LogP contribution in [0.3, 0.4) is 0 Å². The van der Waals surface area contributed by atoms with E-state index in [1.807, 2.05) is 78.9 Å². The van der Waals surface area contributed by atoms with Gasteiger partial charge in [-0.2, -0.15) is 10.2 Å². The third kappa shape index (κ3) is 6.50. The molecule has 0 fully saturated rings. The molecule has 3 heterocycles. The summed E-state index contributed by atoms with van der Waals surface area (Å²) in [6.45, 7) is 0. The summed E-state index contributed by atoms with van der Waals surface area (Å²) < 4.78 is 8.66. The number of nitriles is 1. The summed E-state index contributed by atoms with van der Waals surface area (Å²) in [5.74, 6) is 0.548. The molecule has 12 rings (SSSR count). The predicted octanol–water partition coefficient (Wildman–Crippen LogP) is 15.5. The molecule has 0 spiro atoms. The molecule has 0 aliphatic carbocycles. The molecule has 0 radical (unpaired) electrons. The van der Waals surface area contributed by atoms with Gasteiger partial charge in [-0.15, -0.1) is 0 Å². The van der Waals surface area contributed by atoms with Crippen molar-refractivity contribution in [2.75, 3.05) is 4.90 Å². The van der Waals surface area contributed by atoms with E-state index in [2.05, 4.69) is 161 Å². The lowest BCUT2D eigenvalue weighted by Crippen LogP contribution is -2.12. The Morgan fingerprint density at radius 1 is 0.462 bits per heavy atom. The van der Waals surface area contributed by atoms with Crippen LogP contribution in [0.4, 0.5) is 17.1 Å². The van der Waals surface area contributed by atoms with Crippen LogP contribution in [0.5, 0.6) is 0 Å². The van der Waals surface area contributed by atoms with Crippen LogP contribution in [0.25, 0.3) is 94.5 Å². The molecule has 6 heteroatoms. The van der Waals surface area contributed by atoms with Crippen molar-refractivity contribution < 1.29 is 4.42 Å². The van der Waals surface area contributed by atoms with E-state index < -0.39 is 0 Å². The van der Waals surface area contributed by atoms with Crippen molar-refractivity contribution in [2.45, 2.75) is 0 Å². The largest absolute Gasteiger partial charge is 0.438 e. The van der Waals surface area contributed by atoms with Crippen molar-refractivity contribution >= 4 is 60.9 Å². The first-order valence-electron chi connectivity index (χ1n) is 21.6. The highest BCUT2D eigenvalue weighted by molar-refractivity contribution is 6.17. The molecule has 0 saturated carbocycles. The van der Waals surface area contributed by atoms with E-state index in [1.165, 1.54) is 0 Å². The first kappa shape index (κ1) is 37.7. The molecular weight excluding hydrogens is 795 g/mol. The van der Waals surface area contributed by atoms with Crippen molar-refractivity contribution in [1.82, 2.24) is 14.5 Å². The molecule has 0 amide bonds. The summed E-state index contributed by atoms with van der Waals surface area (Å²) in [6, 6.07) is 80.0. The zero-order valence-electron chi connectivity index (χ0n) is 35.0. The van der Waals surface area contributed by atoms with Crippen LogP contribution in [0.1, 0.15) is 5.56 Å². The van der Waals surface area contributed by atoms with Gasteiger partial charge in [0.05, 0.1) is 39.1 Å². The summed E-state index contributed by atoms with van der Waals surface area (Å²) in [5.41, 5.74) is 14.2. The lowest BCUT2D eigenvalue weighted by Gasteiger charge is -2.28. The second-order valence-corrected chi connectivity index (χ2v) is 16.1. The number of para-hydroxylation sites is 3. The Bertz CT molecular complexity index is 3720. The minimum Gasteiger partial charge on any atom is -0.438 e. The van der Waals surface area contributed by atoms with Crippen LogP contribution >= 0.6 is 0 Å². The van der Waals surface area contributed by atoms with Crippen LogP contribution in [0, 0.1) is 11.3 Å². The van der Waals surface area contributed by atoms with Crippen molar-refractivity contribution in [3.8, 4) is 56.7 Å².